The normalized spacial score (nSPS) is 14.8. The van der Waals surface area contributed by atoms with Crippen LogP contribution in [-0.4, -0.2) is 47.1 Å². The van der Waals surface area contributed by atoms with Gasteiger partial charge in [-0.15, -0.1) is 0 Å². The van der Waals surface area contributed by atoms with Gasteiger partial charge in [0.2, 0.25) is 0 Å². The van der Waals surface area contributed by atoms with Gasteiger partial charge in [-0.05, 0) is 26.0 Å². The van der Waals surface area contributed by atoms with Gasteiger partial charge in [-0.25, -0.2) is 9.78 Å². The zero-order valence-electron chi connectivity index (χ0n) is 10.2. The third-order valence-electron chi connectivity index (χ3n) is 3.02. The first-order valence-corrected chi connectivity index (χ1v) is 6.28. The number of likely N-dealkylation sites (N-methyl/N-ethyl adjacent to an activating group) is 1. The zero-order valence-corrected chi connectivity index (χ0v) is 10.9. The number of carbonyl (C=O) groups is 1. The van der Waals surface area contributed by atoms with Gasteiger partial charge in [0.05, 0.1) is 10.6 Å². The van der Waals surface area contributed by atoms with Crippen LogP contribution in [0.4, 0.5) is 5.82 Å². The highest BCUT2D eigenvalue weighted by molar-refractivity contribution is 6.33. The van der Waals surface area contributed by atoms with Gasteiger partial charge in [0.1, 0.15) is 5.82 Å². The molecule has 0 saturated heterocycles. The first kappa shape index (κ1) is 13.1. The van der Waals surface area contributed by atoms with Gasteiger partial charge in [-0.3, -0.25) is 0 Å². The van der Waals surface area contributed by atoms with Crippen molar-refractivity contribution < 1.29 is 9.90 Å². The van der Waals surface area contributed by atoms with Crippen molar-refractivity contribution in [3.05, 3.63) is 22.8 Å². The number of halogens is 1. The largest absolute Gasteiger partial charge is 0.478 e. The van der Waals surface area contributed by atoms with Crippen molar-refractivity contribution in [2.75, 3.05) is 25.5 Å². The lowest BCUT2D eigenvalue weighted by atomic mass is 10.3. The fraction of sp³-hybridized carbons (Fsp3) is 0.500. The molecule has 1 aromatic heterocycles. The van der Waals surface area contributed by atoms with Crippen LogP contribution in [0, 0.1) is 0 Å². The van der Waals surface area contributed by atoms with E-state index in [4.69, 9.17) is 16.7 Å². The van der Waals surface area contributed by atoms with Crippen LogP contribution in [0.15, 0.2) is 12.3 Å². The summed E-state index contributed by atoms with van der Waals surface area (Å²) in [4.78, 5) is 17.0. The van der Waals surface area contributed by atoms with Gasteiger partial charge in [0.15, 0.2) is 0 Å². The van der Waals surface area contributed by atoms with Crippen molar-refractivity contribution in [2.45, 2.75) is 18.9 Å². The van der Waals surface area contributed by atoms with Crippen LogP contribution < -0.4 is 5.32 Å². The van der Waals surface area contributed by atoms with Gasteiger partial charge in [0, 0.05) is 25.3 Å². The fourth-order valence-corrected chi connectivity index (χ4v) is 1.97. The highest BCUT2D eigenvalue weighted by Crippen LogP contribution is 2.25. The minimum Gasteiger partial charge on any atom is -0.478 e. The second-order valence-corrected chi connectivity index (χ2v) is 4.91. The van der Waals surface area contributed by atoms with E-state index in [1.807, 2.05) is 0 Å². The molecule has 1 saturated carbocycles. The Hall–Kier alpha value is -1.33. The maximum atomic E-state index is 10.7. The minimum atomic E-state index is -1.02. The number of rotatable bonds is 6. The molecule has 5 nitrogen and oxygen atoms in total. The molecule has 0 spiro atoms. The molecule has 2 rings (SSSR count). The average Bonchev–Trinajstić information content (AvgIpc) is 3.14. The number of hydrogen-bond acceptors (Lipinski definition) is 4. The molecule has 1 aromatic rings. The number of aromatic carboxylic acids is 1. The second-order valence-electron chi connectivity index (χ2n) is 4.50. The molecule has 0 amide bonds. The van der Waals surface area contributed by atoms with Crippen molar-refractivity contribution >= 4 is 23.4 Å². The summed E-state index contributed by atoms with van der Waals surface area (Å²) in [5, 5.41) is 12.2. The minimum absolute atomic E-state index is 0.0978. The van der Waals surface area contributed by atoms with Crippen LogP contribution in [0.2, 0.25) is 5.02 Å². The van der Waals surface area contributed by atoms with Gasteiger partial charge in [-0.2, -0.15) is 0 Å². The topological polar surface area (TPSA) is 65.5 Å². The molecular formula is C12H16ClN3O2. The van der Waals surface area contributed by atoms with Crippen LogP contribution in [0.25, 0.3) is 0 Å². The van der Waals surface area contributed by atoms with E-state index in [2.05, 4.69) is 22.2 Å². The maximum absolute atomic E-state index is 10.7. The van der Waals surface area contributed by atoms with E-state index < -0.39 is 5.97 Å². The molecule has 0 aliphatic heterocycles. The quantitative estimate of drug-likeness (QED) is 0.826. The number of aromatic nitrogens is 1. The fourth-order valence-electron chi connectivity index (χ4n) is 1.73. The molecule has 1 aliphatic rings. The van der Waals surface area contributed by atoms with Crippen molar-refractivity contribution in [1.29, 1.82) is 0 Å². The first-order chi connectivity index (χ1) is 8.58. The molecule has 1 aliphatic carbocycles. The van der Waals surface area contributed by atoms with Gasteiger partial charge >= 0.3 is 5.97 Å². The monoisotopic (exact) mass is 269 g/mol. The molecule has 0 bridgehead atoms. The van der Waals surface area contributed by atoms with Crippen LogP contribution in [0.5, 0.6) is 0 Å². The summed E-state index contributed by atoms with van der Waals surface area (Å²) in [6.07, 6.45) is 3.87. The molecule has 1 heterocycles. The standard InChI is InChI=1S/C12H16ClN3O2/c1-16(9-2-3-9)5-4-14-11-10(13)6-8(7-15-11)12(17)18/h6-7,9H,2-5H2,1H3,(H,14,15)(H,17,18). The Morgan fingerprint density at radius 2 is 2.39 bits per heavy atom. The van der Waals surface area contributed by atoms with Crippen LogP contribution in [-0.2, 0) is 0 Å². The zero-order chi connectivity index (χ0) is 13.1. The summed E-state index contributed by atoms with van der Waals surface area (Å²) >= 11 is 5.96. The summed E-state index contributed by atoms with van der Waals surface area (Å²) in [6.45, 7) is 1.66. The molecule has 0 unspecified atom stereocenters. The lowest BCUT2D eigenvalue weighted by Gasteiger charge is -2.16. The summed E-state index contributed by atoms with van der Waals surface area (Å²) in [5.74, 6) is -0.490. The Morgan fingerprint density at radius 3 is 2.94 bits per heavy atom. The van der Waals surface area contributed by atoms with Gasteiger partial charge < -0.3 is 15.3 Å². The molecule has 98 valence electrons. The average molecular weight is 270 g/mol. The first-order valence-electron chi connectivity index (χ1n) is 5.91. The molecule has 0 radical (unpaired) electrons. The Labute approximate surface area is 111 Å². The summed E-state index contributed by atoms with van der Waals surface area (Å²) in [7, 11) is 2.10. The molecule has 18 heavy (non-hydrogen) atoms. The van der Waals surface area contributed by atoms with E-state index in [0.29, 0.717) is 10.8 Å². The summed E-state index contributed by atoms with van der Waals surface area (Å²) in [6, 6.07) is 2.13. The maximum Gasteiger partial charge on any atom is 0.337 e. The third-order valence-corrected chi connectivity index (χ3v) is 3.30. The smallest absolute Gasteiger partial charge is 0.337 e. The molecule has 2 N–H and O–H groups in total. The number of pyridine rings is 1. The van der Waals surface area contributed by atoms with E-state index in [-0.39, 0.29) is 5.56 Å². The SMILES string of the molecule is CN(CCNc1ncc(C(=O)O)cc1Cl)C1CC1. The van der Waals surface area contributed by atoms with E-state index in [1.54, 1.807) is 0 Å². The number of nitrogens with one attached hydrogen (secondary N) is 1. The van der Waals surface area contributed by atoms with Crippen molar-refractivity contribution in [1.82, 2.24) is 9.88 Å². The van der Waals surface area contributed by atoms with Gasteiger partial charge in [0.25, 0.3) is 0 Å². The van der Waals surface area contributed by atoms with Crippen LogP contribution in [0.1, 0.15) is 23.2 Å². The van der Waals surface area contributed by atoms with Crippen molar-refractivity contribution in [3.63, 3.8) is 0 Å². The second kappa shape index (κ2) is 5.54. The van der Waals surface area contributed by atoms with Crippen molar-refractivity contribution in [2.24, 2.45) is 0 Å². The number of hydrogen-bond donors (Lipinski definition) is 2. The van der Waals surface area contributed by atoms with Crippen LogP contribution >= 0.6 is 11.6 Å². The molecular weight excluding hydrogens is 254 g/mol. The van der Waals surface area contributed by atoms with E-state index in [9.17, 15) is 4.79 Å². The molecule has 1 fully saturated rings. The lowest BCUT2D eigenvalue weighted by molar-refractivity contribution is 0.0696. The summed E-state index contributed by atoms with van der Waals surface area (Å²) in [5.41, 5.74) is 0.0978. The van der Waals surface area contributed by atoms with Crippen LogP contribution in [0.3, 0.4) is 0 Å². The lowest BCUT2D eigenvalue weighted by Crippen LogP contribution is -2.27. The predicted octanol–water partition coefficient (Wildman–Crippen LogP) is 1.94. The Balaban J connectivity index is 1.86. The highest BCUT2D eigenvalue weighted by atomic mass is 35.5. The Kier molecular flexibility index (Phi) is 4.04. The highest BCUT2D eigenvalue weighted by Gasteiger charge is 2.25. The van der Waals surface area contributed by atoms with E-state index in [1.165, 1.54) is 25.1 Å². The van der Waals surface area contributed by atoms with Crippen molar-refractivity contribution in [3.8, 4) is 0 Å². The number of carboxylic acids is 1. The number of anilines is 1. The molecule has 0 atom stereocenters. The van der Waals surface area contributed by atoms with E-state index >= 15 is 0 Å². The Morgan fingerprint density at radius 1 is 1.67 bits per heavy atom. The molecule has 0 aromatic carbocycles. The molecule has 6 heteroatoms. The number of nitrogens with zero attached hydrogens (tertiary/aromatic N) is 2. The van der Waals surface area contributed by atoms with E-state index in [0.717, 1.165) is 19.1 Å². The van der Waals surface area contributed by atoms with Gasteiger partial charge in [-0.1, -0.05) is 11.6 Å². The predicted molar refractivity (Wildman–Crippen MR) is 70.3 cm³/mol. The number of carboxylic acid groups (broad SMARTS) is 1. The Bertz CT molecular complexity index is 449. The summed E-state index contributed by atoms with van der Waals surface area (Å²) < 4.78 is 0. The third kappa shape index (κ3) is 3.34.